The van der Waals surface area contributed by atoms with Crippen LogP contribution in [0.3, 0.4) is 0 Å². The summed E-state index contributed by atoms with van der Waals surface area (Å²) in [5.74, 6) is 0.0245. The van der Waals surface area contributed by atoms with Gasteiger partial charge in [-0.25, -0.2) is 0 Å². The molecule has 142 valence electrons. The van der Waals surface area contributed by atoms with Crippen molar-refractivity contribution in [3.05, 3.63) is 78.4 Å². The summed E-state index contributed by atoms with van der Waals surface area (Å²) in [6, 6.07) is 22.0. The summed E-state index contributed by atoms with van der Waals surface area (Å²) < 4.78 is 5.24. The van der Waals surface area contributed by atoms with Crippen LogP contribution in [0.15, 0.2) is 72.8 Å². The molecule has 0 aliphatic carbocycles. The molecule has 0 aliphatic heterocycles. The summed E-state index contributed by atoms with van der Waals surface area (Å²) in [7, 11) is 1.52. The number of hydrogen-bond acceptors (Lipinski definition) is 4. The fourth-order valence-electron chi connectivity index (χ4n) is 2.74. The molecule has 0 radical (unpaired) electrons. The highest BCUT2D eigenvalue weighted by Gasteiger charge is 2.13. The van der Waals surface area contributed by atoms with E-state index in [0.29, 0.717) is 28.4 Å². The lowest BCUT2D eigenvalue weighted by Crippen LogP contribution is -2.14. The molecule has 0 aliphatic rings. The third-order valence-corrected chi connectivity index (χ3v) is 3.99. The zero-order valence-corrected chi connectivity index (χ0v) is 15.7. The fraction of sp³-hybridized carbons (Fsp3) is 0.0909. The summed E-state index contributed by atoms with van der Waals surface area (Å²) >= 11 is 0. The number of ether oxygens (including phenoxy) is 1. The minimum Gasteiger partial charge on any atom is -0.495 e. The molecule has 0 spiro atoms. The van der Waals surface area contributed by atoms with Gasteiger partial charge < -0.3 is 20.7 Å². The van der Waals surface area contributed by atoms with Crippen molar-refractivity contribution in [3.63, 3.8) is 0 Å². The standard InChI is InChI=1S/C22H21N3O3/c1-15(26)23-20-14-17(12-13-21(20)28-2)25-22(27)18-10-6-7-11-19(18)24-16-8-4-3-5-9-16/h3-14,24H,1-2H3,(H,23,26)(H,25,27). The predicted octanol–water partition coefficient (Wildman–Crippen LogP) is 4.65. The minimum atomic E-state index is -0.266. The van der Waals surface area contributed by atoms with Gasteiger partial charge in [0.1, 0.15) is 5.75 Å². The van der Waals surface area contributed by atoms with E-state index < -0.39 is 0 Å². The monoisotopic (exact) mass is 375 g/mol. The first-order valence-electron chi connectivity index (χ1n) is 8.75. The van der Waals surface area contributed by atoms with Crippen LogP contribution in [-0.4, -0.2) is 18.9 Å². The highest BCUT2D eigenvalue weighted by molar-refractivity contribution is 6.08. The van der Waals surface area contributed by atoms with Crippen LogP contribution in [-0.2, 0) is 4.79 Å². The Morgan fingerprint density at radius 1 is 0.786 bits per heavy atom. The van der Waals surface area contributed by atoms with Gasteiger partial charge in [0, 0.05) is 18.3 Å². The average Bonchev–Trinajstić information content (AvgIpc) is 2.69. The van der Waals surface area contributed by atoms with Gasteiger partial charge in [0.2, 0.25) is 5.91 Å². The highest BCUT2D eigenvalue weighted by atomic mass is 16.5. The molecule has 3 aromatic rings. The molecular weight excluding hydrogens is 354 g/mol. The predicted molar refractivity (Wildman–Crippen MR) is 111 cm³/mol. The summed E-state index contributed by atoms with van der Waals surface area (Å²) in [5.41, 5.74) is 3.12. The normalized spacial score (nSPS) is 10.1. The molecule has 28 heavy (non-hydrogen) atoms. The van der Waals surface area contributed by atoms with Crippen molar-refractivity contribution in [3.8, 4) is 5.75 Å². The molecule has 3 N–H and O–H groups in total. The Labute approximate surface area is 163 Å². The molecule has 6 nitrogen and oxygen atoms in total. The van der Waals surface area contributed by atoms with E-state index in [9.17, 15) is 9.59 Å². The van der Waals surface area contributed by atoms with E-state index in [2.05, 4.69) is 16.0 Å². The molecule has 0 fully saturated rings. The number of hydrogen-bond donors (Lipinski definition) is 3. The molecule has 6 heteroatoms. The van der Waals surface area contributed by atoms with Crippen molar-refractivity contribution in [2.24, 2.45) is 0 Å². The summed E-state index contributed by atoms with van der Waals surface area (Å²) in [6.45, 7) is 1.41. The lowest BCUT2D eigenvalue weighted by molar-refractivity contribution is -0.114. The third-order valence-electron chi connectivity index (χ3n) is 3.99. The van der Waals surface area contributed by atoms with Gasteiger partial charge in [0.25, 0.3) is 5.91 Å². The van der Waals surface area contributed by atoms with Gasteiger partial charge >= 0.3 is 0 Å². The van der Waals surface area contributed by atoms with Crippen LogP contribution in [0.25, 0.3) is 0 Å². The Morgan fingerprint density at radius 2 is 1.50 bits per heavy atom. The van der Waals surface area contributed by atoms with Crippen LogP contribution in [0.5, 0.6) is 5.75 Å². The number of amides is 2. The molecule has 0 bridgehead atoms. The van der Waals surface area contributed by atoms with Gasteiger partial charge in [-0.2, -0.15) is 0 Å². The Balaban J connectivity index is 1.83. The quantitative estimate of drug-likeness (QED) is 0.586. The maximum Gasteiger partial charge on any atom is 0.257 e. The number of benzene rings is 3. The zero-order chi connectivity index (χ0) is 19.9. The minimum absolute atomic E-state index is 0.223. The SMILES string of the molecule is COc1ccc(NC(=O)c2ccccc2Nc2ccccc2)cc1NC(C)=O. The number of carbonyl (C=O) groups is 2. The average molecular weight is 375 g/mol. The van der Waals surface area contributed by atoms with Gasteiger partial charge in [-0.1, -0.05) is 30.3 Å². The van der Waals surface area contributed by atoms with Crippen molar-refractivity contribution in [2.45, 2.75) is 6.92 Å². The number of methoxy groups -OCH3 is 1. The summed E-state index contributed by atoms with van der Waals surface area (Å²) in [4.78, 5) is 24.2. The Kier molecular flexibility index (Phi) is 5.91. The Hall–Kier alpha value is -3.80. The van der Waals surface area contributed by atoms with Crippen molar-refractivity contribution in [2.75, 3.05) is 23.1 Å². The second-order valence-electron chi connectivity index (χ2n) is 6.09. The van der Waals surface area contributed by atoms with E-state index >= 15 is 0 Å². The lowest BCUT2D eigenvalue weighted by atomic mass is 10.1. The number of rotatable bonds is 6. The van der Waals surface area contributed by atoms with E-state index in [0.717, 1.165) is 5.69 Å². The van der Waals surface area contributed by atoms with E-state index in [1.807, 2.05) is 48.5 Å². The molecule has 0 atom stereocenters. The van der Waals surface area contributed by atoms with E-state index in [-0.39, 0.29) is 11.8 Å². The van der Waals surface area contributed by atoms with Gasteiger partial charge in [0.15, 0.2) is 0 Å². The second-order valence-corrected chi connectivity index (χ2v) is 6.09. The molecule has 0 aromatic heterocycles. The highest BCUT2D eigenvalue weighted by Crippen LogP contribution is 2.29. The van der Waals surface area contributed by atoms with Crippen LogP contribution in [0.1, 0.15) is 17.3 Å². The van der Waals surface area contributed by atoms with Crippen molar-refractivity contribution >= 4 is 34.6 Å². The lowest BCUT2D eigenvalue weighted by Gasteiger charge is -2.14. The smallest absolute Gasteiger partial charge is 0.257 e. The molecule has 0 heterocycles. The molecule has 0 saturated heterocycles. The van der Waals surface area contributed by atoms with Crippen LogP contribution in [0.4, 0.5) is 22.7 Å². The summed E-state index contributed by atoms with van der Waals surface area (Å²) in [6.07, 6.45) is 0. The topological polar surface area (TPSA) is 79.5 Å². The van der Waals surface area contributed by atoms with Crippen LogP contribution >= 0.6 is 0 Å². The second kappa shape index (κ2) is 8.73. The fourth-order valence-corrected chi connectivity index (χ4v) is 2.74. The number of anilines is 4. The molecular formula is C22H21N3O3. The maximum atomic E-state index is 12.8. The van der Waals surface area contributed by atoms with Crippen LogP contribution < -0.4 is 20.7 Å². The first-order chi connectivity index (χ1) is 13.6. The molecule has 3 aromatic carbocycles. The molecule has 0 unspecified atom stereocenters. The first-order valence-corrected chi connectivity index (χ1v) is 8.75. The molecule has 2 amide bonds. The van der Waals surface area contributed by atoms with Gasteiger partial charge in [-0.3, -0.25) is 9.59 Å². The maximum absolute atomic E-state index is 12.8. The van der Waals surface area contributed by atoms with Crippen LogP contribution in [0, 0.1) is 0 Å². The number of carbonyl (C=O) groups excluding carboxylic acids is 2. The van der Waals surface area contributed by atoms with Crippen LogP contribution in [0.2, 0.25) is 0 Å². The molecule has 0 saturated carbocycles. The summed E-state index contributed by atoms with van der Waals surface area (Å²) in [5, 5.41) is 8.81. The largest absolute Gasteiger partial charge is 0.495 e. The zero-order valence-electron chi connectivity index (χ0n) is 15.7. The van der Waals surface area contributed by atoms with Crippen molar-refractivity contribution in [1.29, 1.82) is 0 Å². The van der Waals surface area contributed by atoms with E-state index in [1.165, 1.54) is 14.0 Å². The Morgan fingerprint density at radius 3 is 2.21 bits per heavy atom. The van der Waals surface area contributed by atoms with E-state index in [4.69, 9.17) is 4.74 Å². The third kappa shape index (κ3) is 4.67. The van der Waals surface area contributed by atoms with Crippen molar-refractivity contribution < 1.29 is 14.3 Å². The number of para-hydroxylation sites is 2. The number of nitrogens with one attached hydrogen (secondary N) is 3. The van der Waals surface area contributed by atoms with Gasteiger partial charge in [-0.05, 0) is 42.5 Å². The van der Waals surface area contributed by atoms with Crippen molar-refractivity contribution in [1.82, 2.24) is 0 Å². The molecule has 3 rings (SSSR count). The van der Waals surface area contributed by atoms with E-state index in [1.54, 1.807) is 24.3 Å². The van der Waals surface area contributed by atoms with Gasteiger partial charge in [-0.15, -0.1) is 0 Å². The first kappa shape index (κ1) is 19.0. The van der Waals surface area contributed by atoms with Gasteiger partial charge in [0.05, 0.1) is 24.0 Å². The Bertz CT molecular complexity index is 987.